The summed E-state index contributed by atoms with van der Waals surface area (Å²) in [6.07, 6.45) is 4.90. The standard InChI is InChI=1S/C15H21NO3S/c1-19-12-5-9-20-13(12)14(17)16-8-7-15(18)6-3-2-4-11(15)10-16/h5,9,11,18H,2-4,6-8,10H2,1H3. The molecule has 110 valence electrons. The van der Waals surface area contributed by atoms with Gasteiger partial charge in [-0.1, -0.05) is 12.8 Å². The Hall–Kier alpha value is -1.07. The second-order valence-corrected chi connectivity index (χ2v) is 6.78. The Kier molecular flexibility index (Phi) is 3.73. The number of nitrogens with zero attached hydrogens (tertiary/aromatic N) is 1. The quantitative estimate of drug-likeness (QED) is 0.912. The number of methoxy groups -OCH3 is 1. The predicted molar refractivity (Wildman–Crippen MR) is 78.3 cm³/mol. The van der Waals surface area contributed by atoms with Gasteiger partial charge in [-0.25, -0.2) is 0 Å². The highest BCUT2D eigenvalue weighted by atomic mass is 32.1. The fraction of sp³-hybridized carbons (Fsp3) is 0.667. The van der Waals surface area contributed by atoms with E-state index in [1.165, 1.54) is 11.3 Å². The van der Waals surface area contributed by atoms with Gasteiger partial charge in [0.25, 0.3) is 5.91 Å². The highest BCUT2D eigenvalue weighted by Crippen LogP contribution is 2.40. The third-order valence-electron chi connectivity index (χ3n) is 4.76. The van der Waals surface area contributed by atoms with Gasteiger partial charge < -0.3 is 14.7 Å². The van der Waals surface area contributed by atoms with Crippen molar-refractivity contribution >= 4 is 17.2 Å². The topological polar surface area (TPSA) is 49.8 Å². The van der Waals surface area contributed by atoms with Crippen LogP contribution in [0.2, 0.25) is 0 Å². The lowest BCUT2D eigenvalue weighted by Crippen LogP contribution is -2.54. The van der Waals surface area contributed by atoms with Crippen LogP contribution in [-0.2, 0) is 0 Å². The average Bonchev–Trinajstić information content (AvgIpc) is 2.94. The van der Waals surface area contributed by atoms with Crippen molar-refractivity contribution in [3.63, 3.8) is 0 Å². The summed E-state index contributed by atoms with van der Waals surface area (Å²) in [6, 6.07) is 1.83. The molecule has 20 heavy (non-hydrogen) atoms. The first-order chi connectivity index (χ1) is 9.64. The van der Waals surface area contributed by atoms with Crippen LogP contribution in [0.25, 0.3) is 0 Å². The van der Waals surface area contributed by atoms with Gasteiger partial charge in [0.05, 0.1) is 12.7 Å². The molecule has 5 heteroatoms. The first kappa shape index (κ1) is 13.9. The average molecular weight is 295 g/mol. The zero-order valence-electron chi connectivity index (χ0n) is 11.8. The van der Waals surface area contributed by atoms with Crippen LogP contribution >= 0.6 is 11.3 Å². The van der Waals surface area contributed by atoms with Gasteiger partial charge in [-0.3, -0.25) is 4.79 Å². The van der Waals surface area contributed by atoms with Crippen LogP contribution in [0.5, 0.6) is 5.75 Å². The Morgan fingerprint density at radius 1 is 1.50 bits per heavy atom. The van der Waals surface area contributed by atoms with Gasteiger partial charge in [-0.05, 0) is 30.7 Å². The lowest BCUT2D eigenvalue weighted by atomic mass is 9.71. The van der Waals surface area contributed by atoms with E-state index in [2.05, 4.69) is 0 Å². The molecule has 2 aliphatic rings. The molecule has 0 bridgehead atoms. The molecule has 1 aromatic heterocycles. The number of fused-ring (bicyclic) bond motifs is 1. The molecule has 1 saturated heterocycles. The van der Waals surface area contributed by atoms with Crippen molar-refractivity contribution in [2.75, 3.05) is 20.2 Å². The van der Waals surface area contributed by atoms with E-state index in [1.807, 2.05) is 16.3 Å². The number of carbonyl (C=O) groups excluding carboxylic acids is 1. The Labute approximate surface area is 123 Å². The summed E-state index contributed by atoms with van der Waals surface area (Å²) in [4.78, 5) is 15.2. The van der Waals surface area contributed by atoms with E-state index in [-0.39, 0.29) is 11.8 Å². The molecule has 1 N–H and O–H groups in total. The molecule has 2 unspecified atom stereocenters. The minimum Gasteiger partial charge on any atom is -0.495 e. The summed E-state index contributed by atoms with van der Waals surface area (Å²) in [5.74, 6) is 0.939. The van der Waals surface area contributed by atoms with Crippen LogP contribution in [0, 0.1) is 5.92 Å². The van der Waals surface area contributed by atoms with Gasteiger partial charge in [0.2, 0.25) is 0 Å². The second kappa shape index (κ2) is 5.37. The number of piperidine rings is 1. The van der Waals surface area contributed by atoms with E-state index in [1.54, 1.807) is 7.11 Å². The lowest BCUT2D eigenvalue weighted by molar-refractivity contribution is -0.0885. The number of amides is 1. The largest absolute Gasteiger partial charge is 0.495 e. The zero-order chi connectivity index (χ0) is 14.2. The molecule has 2 atom stereocenters. The normalized spacial score (nSPS) is 29.9. The number of ether oxygens (including phenoxy) is 1. The molecule has 0 spiro atoms. The van der Waals surface area contributed by atoms with E-state index in [9.17, 15) is 9.90 Å². The number of likely N-dealkylation sites (tertiary alicyclic amines) is 1. The van der Waals surface area contributed by atoms with Crippen molar-refractivity contribution in [2.24, 2.45) is 5.92 Å². The van der Waals surface area contributed by atoms with Crippen LogP contribution in [0.3, 0.4) is 0 Å². The third-order valence-corrected chi connectivity index (χ3v) is 5.64. The molecular weight excluding hydrogens is 274 g/mol. The molecular formula is C15H21NO3S. The van der Waals surface area contributed by atoms with E-state index >= 15 is 0 Å². The first-order valence-electron chi connectivity index (χ1n) is 7.27. The Morgan fingerprint density at radius 2 is 2.35 bits per heavy atom. The zero-order valence-corrected chi connectivity index (χ0v) is 12.6. The van der Waals surface area contributed by atoms with Crippen LogP contribution in [0.1, 0.15) is 41.8 Å². The van der Waals surface area contributed by atoms with E-state index in [0.29, 0.717) is 30.1 Å². The van der Waals surface area contributed by atoms with E-state index < -0.39 is 5.60 Å². The fourth-order valence-corrected chi connectivity index (χ4v) is 4.34. The molecule has 4 nitrogen and oxygen atoms in total. The molecule has 2 fully saturated rings. The highest BCUT2D eigenvalue weighted by Gasteiger charge is 2.44. The van der Waals surface area contributed by atoms with Gasteiger partial charge in [-0.2, -0.15) is 0 Å². The Morgan fingerprint density at radius 3 is 3.15 bits per heavy atom. The summed E-state index contributed by atoms with van der Waals surface area (Å²) in [6.45, 7) is 1.32. The maximum Gasteiger partial charge on any atom is 0.267 e. The van der Waals surface area contributed by atoms with Gasteiger partial charge in [0, 0.05) is 19.0 Å². The van der Waals surface area contributed by atoms with Crippen molar-refractivity contribution in [2.45, 2.75) is 37.7 Å². The molecule has 1 aliphatic carbocycles. The minimum absolute atomic E-state index is 0.0458. The maximum atomic E-state index is 12.6. The maximum absolute atomic E-state index is 12.6. The lowest BCUT2D eigenvalue weighted by Gasteiger charge is -2.47. The third kappa shape index (κ3) is 2.33. The number of carbonyl (C=O) groups is 1. The second-order valence-electron chi connectivity index (χ2n) is 5.87. The van der Waals surface area contributed by atoms with E-state index in [4.69, 9.17) is 4.74 Å². The van der Waals surface area contributed by atoms with Crippen LogP contribution < -0.4 is 4.74 Å². The fourth-order valence-electron chi connectivity index (χ4n) is 3.51. The van der Waals surface area contributed by atoms with E-state index in [0.717, 1.165) is 25.7 Å². The highest BCUT2D eigenvalue weighted by molar-refractivity contribution is 7.12. The summed E-state index contributed by atoms with van der Waals surface area (Å²) in [5.41, 5.74) is -0.533. The van der Waals surface area contributed by atoms with Crippen LogP contribution in [0.15, 0.2) is 11.4 Å². The summed E-state index contributed by atoms with van der Waals surface area (Å²) < 4.78 is 5.24. The summed E-state index contributed by atoms with van der Waals surface area (Å²) in [7, 11) is 1.59. The van der Waals surface area contributed by atoms with Crippen molar-refractivity contribution in [1.82, 2.24) is 4.90 Å². The molecule has 2 heterocycles. The van der Waals surface area contributed by atoms with Crippen LogP contribution in [-0.4, -0.2) is 41.7 Å². The molecule has 0 aromatic carbocycles. The summed E-state index contributed by atoms with van der Waals surface area (Å²) in [5, 5.41) is 12.5. The number of thiophene rings is 1. The molecule has 0 radical (unpaired) electrons. The number of hydrogen-bond donors (Lipinski definition) is 1. The Balaban J connectivity index is 1.74. The van der Waals surface area contributed by atoms with Gasteiger partial charge in [-0.15, -0.1) is 11.3 Å². The van der Waals surface area contributed by atoms with Gasteiger partial charge in [0.15, 0.2) is 0 Å². The van der Waals surface area contributed by atoms with Crippen molar-refractivity contribution in [1.29, 1.82) is 0 Å². The van der Waals surface area contributed by atoms with Crippen LogP contribution in [0.4, 0.5) is 0 Å². The minimum atomic E-state index is -0.533. The Bertz CT molecular complexity index is 501. The molecule has 3 rings (SSSR count). The van der Waals surface area contributed by atoms with Crippen molar-refractivity contribution in [3.8, 4) is 5.75 Å². The summed E-state index contributed by atoms with van der Waals surface area (Å²) >= 11 is 1.43. The predicted octanol–water partition coefficient (Wildman–Crippen LogP) is 2.52. The molecule has 1 amide bonds. The van der Waals surface area contributed by atoms with Crippen molar-refractivity contribution in [3.05, 3.63) is 16.3 Å². The molecule has 1 aliphatic heterocycles. The number of aliphatic hydroxyl groups is 1. The monoisotopic (exact) mass is 295 g/mol. The SMILES string of the molecule is COc1ccsc1C(=O)N1CCC2(O)CCCCC2C1. The number of rotatable bonds is 2. The smallest absolute Gasteiger partial charge is 0.267 e. The number of hydrogen-bond acceptors (Lipinski definition) is 4. The van der Waals surface area contributed by atoms with Gasteiger partial charge >= 0.3 is 0 Å². The van der Waals surface area contributed by atoms with Gasteiger partial charge in [0.1, 0.15) is 10.6 Å². The first-order valence-corrected chi connectivity index (χ1v) is 8.15. The van der Waals surface area contributed by atoms with Crippen molar-refractivity contribution < 1.29 is 14.6 Å². The molecule has 1 aromatic rings. The molecule has 1 saturated carbocycles.